The highest BCUT2D eigenvalue weighted by atomic mass is 19.4. The quantitative estimate of drug-likeness (QED) is 0.497. The van der Waals surface area contributed by atoms with Crippen molar-refractivity contribution in [1.29, 1.82) is 0 Å². The fourth-order valence-electron chi connectivity index (χ4n) is 3.16. The van der Waals surface area contributed by atoms with Crippen molar-refractivity contribution < 1.29 is 22.6 Å². The Morgan fingerprint density at radius 3 is 2.57 bits per heavy atom. The number of nitrogens with zero attached hydrogens (tertiary/aromatic N) is 3. The molecule has 0 saturated heterocycles. The number of benzene rings is 2. The van der Waals surface area contributed by atoms with E-state index >= 15 is 0 Å². The van der Waals surface area contributed by atoms with Crippen LogP contribution in [-0.4, -0.2) is 21.6 Å². The predicted octanol–water partition coefficient (Wildman–Crippen LogP) is 4.84. The molecule has 5 rings (SSSR count). The number of hydrogen-bond donors (Lipinski definition) is 0. The topological polar surface area (TPSA) is 49.2 Å². The number of para-hydroxylation sites is 1. The molecule has 140 valence electrons. The van der Waals surface area contributed by atoms with Crippen molar-refractivity contribution in [2.75, 3.05) is 6.79 Å². The Bertz CT molecular complexity index is 1200. The molecule has 0 spiro atoms. The molecule has 2 aromatic carbocycles. The summed E-state index contributed by atoms with van der Waals surface area (Å²) in [4.78, 5) is 4.65. The van der Waals surface area contributed by atoms with Crippen molar-refractivity contribution in [2.24, 2.45) is 0 Å². The first-order valence-electron chi connectivity index (χ1n) is 8.42. The van der Waals surface area contributed by atoms with E-state index in [-0.39, 0.29) is 6.79 Å². The number of alkyl halides is 3. The summed E-state index contributed by atoms with van der Waals surface area (Å²) in [6.07, 6.45) is -3.21. The standard InChI is InChI=1S/C20H12F3N3O2/c21-20(22,23)19-7-8-26(25-19)16-10-15(24-14-4-2-1-3-13(14)16)12-5-6-17-18(9-12)28-11-27-17/h1-10H,11H2. The van der Waals surface area contributed by atoms with Gasteiger partial charge in [-0.1, -0.05) is 18.2 Å². The van der Waals surface area contributed by atoms with Gasteiger partial charge in [-0.05, 0) is 36.4 Å². The lowest BCUT2D eigenvalue weighted by atomic mass is 10.1. The summed E-state index contributed by atoms with van der Waals surface area (Å²) < 4.78 is 50.9. The van der Waals surface area contributed by atoms with Crippen LogP contribution in [0.2, 0.25) is 0 Å². The molecular formula is C20H12F3N3O2. The van der Waals surface area contributed by atoms with Gasteiger partial charge in [0, 0.05) is 17.1 Å². The van der Waals surface area contributed by atoms with E-state index in [1.807, 2.05) is 24.3 Å². The van der Waals surface area contributed by atoms with Crippen molar-refractivity contribution >= 4 is 10.9 Å². The average molecular weight is 383 g/mol. The SMILES string of the molecule is FC(F)(F)c1ccn(-c2cc(-c3ccc4c(c3)OCO4)nc3ccccc23)n1. The largest absolute Gasteiger partial charge is 0.454 e. The molecule has 0 unspecified atom stereocenters. The van der Waals surface area contributed by atoms with Gasteiger partial charge >= 0.3 is 6.18 Å². The third-order valence-corrected chi connectivity index (χ3v) is 4.49. The molecule has 0 radical (unpaired) electrons. The first-order valence-corrected chi connectivity index (χ1v) is 8.42. The summed E-state index contributed by atoms with van der Waals surface area (Å²) in [6.45, 7) is 0.155. The minimum Gasteiger partial charge on any atom is -0.454 e. The van der Waals surface area contributed by atoms with E-state index in [2.05, 4.69) is 10.1 Å². The second kappa shape index (κ2) is 5.98. The molecular weight excluding hydrogens is 371 g/mol. The number of hydrogen-bond acceptors (Lipinski definition) is 4. The molecule has 0 bridgehead atoms. The monoisotopic (exact) mass is 383 g/mol. The number of pyridine rings is 1. The Labute approximate surface area is 157 Å². The normalized spacial score (nSPS) is 13.2. The Kier molecular flexibility index (Phi) is 3.55. The van der Waals surface area contributed by atoms with Crippen LogP contribution in [0.1, 0.15) is 5.69 Å². The van der Waals surface area contributed by atoms with Gasteiger partial charge in [0.2, 0.25) is 6.79 Å². The van der Waals surface area contributed by atoms with E-state index in [1.165, 1.54) is 10.9 Å². The maximum Gasteiger partial charge on any atom is 0.435 e. The van der Waals surface area contributed by atoms with E-state index < -0.39 is 11.9 Å². The second-order valence-electron chi connectivity index (χ2n) is 6.26. The molecule has 28 heavy (non-hydrogen) atoms. The Morgan fingerprint density at radius 2 is 1.75 bits per heavy atom. The van der Waals surface area contributed by atoms with E-state index in [0.29, 0.717) is 33.8 Å². The predicted molar refractivity (Wildman–Crippen MR) is 95.4 cm³/mol. The lowest BCUT2D eigenvalue weighted by Crippen LogP contribution is -2.07. The lowest BCUT2D eigenvalue weighted by molar-refractivity contribution is -0.141. The summed E-state index contributed by atoms with van der Waals surface area (Å²) in [5.41, 5.74) is 1.57. The van der Waals surface area contributed by atoms with E-state index in [9.17, 15) is 13.2 Å². The molecule has 2 aromatic heterocycles. The number of ether oxygens (including phenoxy) is 2. The van der Waals surface area contributed by atoms with Gasteiger partial charge in [0.15, 0.2) is 17.2 Å². The van der Waals surface area contributed by atoms with Gasteiger partial charge in [-0.3, -0.25) is 0 Å². The van der Waals surface area contributed by atoms with Crippen molar-refractivity contribution in [2.45, 2.75) is 6.18 Å². The number of aromatic nitrogens is 3. The number of fused-ring (bicyclic) bond motifs is 2. The van der Waals surface area contributed by atoms with E-state index in [4.69, 9.17) is 9.47 Å². The molecule has 1 aliphatic rings. The maximum atomic E-state index is 13.0. The Hall–Kier alpha value is -3.55. The number of halogens is 3. The average Bonchev–Trinajstić information content (AvgIpc) is 3.35. The van der Waals surface area contributed by atoms with Crippen molar-refractivity contribution in [3.8, 4) is 28.4 Å². The smallest absolute Gasteiger partial charge is 0.435 e. The third kappa shape index (κ3) is 2.74. The molecule has 5 nitrogen and oxygen atoms in total. The fourth-order valence-corrected chi connectivity index (χ4v) is 3.16. The van der Waals surface area contributed by atoms with Crippen LogP contribution in [-0.2, 0) is 6.18 Å². The summed E-state index contributed by atoms with van der Waals surface area (Å²) >= 11 is 0. The van der Waals surface area contributed by atoms with E-state index in [1.54, 1.807) is 24.3 Å². The molecule has 0 aliphatic carbocycles. The summed E-state index contributed by atoms with van der Waals surface area (Å²) in [6, 6.07) is 15.3. The molecule has 0 atom stereocenters. The van der Waals surface area contributed by atoms with Crippen LogP contribution in [0, 0.1) is 0 Å². The second-order valence-corrected chi connectivity index (χ2v) is 6.26. The van der Waals surface area contributed by atoms with Crippen LogP contribution in [0.5, 0.6) is 11.5 Å². The Balaban J connectivity index is 1.69. The first-order chi connectivity index (χ1) is 13.5. The van der Waals surface area contributed by atoms with Crippen molar-refractivity contribution in [1.82, 2.24) is 14.8 Å². The zero-order valence-electron chi connectivity index (χ0n) is 14.3. The highest BCUT2D eigenvalue weighted by Gasteiger charge is 2.33. The highest BCUT2D eigenvalue weighted by Crippen LogP contribution is 2.37. The van der Waals surface area contributed by atoms with Gasteiger partial charge in [0.25, 0.3) is 0 Å². The minimum atomic E-state index is -4.51. The molecule has 0 saturated carbocycles. The third-order valence-electron chi connectivity index (χ3n) is 4.49. The van der Waals surface area contributed by atoms with Gasteiger partial charge in [-0.25, -0.2) is 9.67 Å². The Morgan fingerprint density at radius 1 is 0.929 bits per heavy atom. The molecule has 8 heteroatoms. The zero-order chi connectivity index (χ0) is 19.3. The van der Waals surface area contributed by atoms with Crippen molar-refractivity contribution in [3.05, 3.63) is 66.5 Å². The molecule has 4 aromatic rings. The van der Waals surface area contributed by atoms with Crippen LogP contribution in [0.15, 0.2) is 60.8 Å². The zero-order valence-corrected chi connectivity index (χ0v) is 14.3. The van der Waals surface area contributed by atoms with Crippen LogP contribution in [0.4, 0.5) is 13.2 Å². The van der Waals surface area contributed by atoms with Gasteiger partial charge in [0.1, 0.15) is 0 Å². The molecule has 1 aliphatic heterocycles. The molecule has 3 heterocycles. The summed E-state index contributed by atoms with van der Waals surface area (Å²) in [5.74, 6) is 1.25. The van der Waals surface area contributed by atoms with Crippen LogP contribution < -0.4 is 9.47 Å². The van der Waals surface area contributed by atoms with Crippen molar-refractivity contribution in [3.63, 3.8) is 0 Å². The summed E-state index contributed by atoms with van der Waals surface area (Å²) in [7, 11) is 0. The molecule has 0 N–H and O–H groups in total. The minimum absolute atomic E-state index is 0.155. The first kappa shape index (κ1) is 16.6. The fraction of sp³-hybridized carbons (Fsp3) is 0.100. The van der Waals surface area contributed by atoms with Crippen LogP contribution >= 0.6 is 0 Å². The maximum absolute atomic E-state index is 13.0. The van der Waals surface area contributed by atoms with Gasteiger partial charge in [-0.15, -0.1) is 0 Å². The molecule has 0 fully saturated rings. The van der Waals surface area contributed by atoms with Gasteiger partial charge in [-0.2, -0.15) is 18.3 Å². The van der Waals surface area contributed by atoms with Crippen LogP contribution in [0.3, 0.4) is 0 Å². The van der Waals surface area contributed by atoms with Crippen LogP contribution in [0.25, 0.3) is 27.8 Å². The van der Waals surface area contributed by atoms with Gasteiger partial charge in [0.05, 0.1) is 16.9 Å². The lowest BCUT2D eigenvalue weighted by Gasteiger charge is -2.11. The number of rotatable bonds is 2. The highest BCUT2D eigenvalue weighted by molar-refractivity contribution is 5.90. The van der Waals surface area contributed by atoms with Gasteiger partial charge < -0.3 is 9.47 Å². The van der Waals surface area contributed by atoms with E-state index in [0.717, 1.165) is 11.6 Å². The molecule has 0 amide bonds. The summed E-state index contributed by atoms with van der Waals surface area (Å²) in [5, 5.41) is 4.41.